The first-order valence-electron chi connectivity index (χ1n) is 6.98. The maximum absolute atomic E-state index is 12.0. The molecule has 1 aromatic rings. The maximum atomic E-state index is 12.0. The van der Waals surface area contributed by atoms with Crippen LogP contribution in [0.5, 0.6) is 0 Å². The first-order chi connectivity index (χ1) is 9.80. The summed E-state index contributed by atoms with van der Waals surface area (Å²) in [5, 5.41) is 4.25. The number of ether oxygens (including phenoxy) is 1. The minimum atomic E-state index is -0.473. The molecule has 0 spiro atoms. The zero-order valence-corrected chi connectivity index (χ0v) is 14.1. The van der Waals surface area contributed by atoms with E-state index in [0.717, 1.165) is 19.1 Å². The SMILES string of the molecule is CC(C)(C)OC(=O)N1CCC(n2cc(Br)c(C=O)n2)CC1. The summed E-state index contributed by atoms with van der Waals surface area (Å²) in [5.74, 6) is 0. The second-order valence-electron chi connectivity index (χ2n) is 6.16. The molecular weight excluding hydrogens is 338 g/mol. The minimum Gasteiger partial charge on any atom is -0.444 e. The predicted molar refractivity (Wildman–Crippen MR) is 81.4 cm³/mol. The van der Waals surface area contributed by atoms with Gasteiger partial charge in [0.25, 0.3) is 0 Å². The van der Waals surface area contributed by atoms with Crippen LogP contribution in [0.3, 0.4) is 0 Å². The lowest BCUT2D eigenvalue weighted by Crippen LogP contribution is -2.42. The van der Waals surface area contributed by atoms with Crippen LogP contribution in [0.25, 0.3) is 0 Å². The molecule has 1 saturated heterocycles. The van der Waals surface area contributed by atoms with E-state index >= 15 is 0 Å². The Bertz CT molecular complexity index is 528. The fraction of sp³-hybridized carbons (Fsp3) is 0.643. The largest absolute Gasteiger partial charge is 0.444 e. The van der Waals surface area contributed by atoms with Crippen molar-refractivity contribution in [2.75, 3.05) is 13.1 Å². The van der Waals surface area contributed by atoms with Gasteiger partial charge in [0.05, 0.1) is 10.5 Å². The molecule has 2 rings (SSSR count). The van der Waals surface area contributed by atoms with E-state index in [1.165, 1.54) is 0 Å². The molecule has 0 radical (unpaired) electrons. The molecule has 0 saturated carbocycles. The summed E-state index contributed by atoms with van der Waals surface area (Å²) in [5.41, 5.74) is -0.0656. The van der Waals surface area contributed by atoms with Crippen LogP contribution >= 0.6 is 15.9 Å². The van der Waals surface area contributed by atoms with Crippen molar-refractivity contribution < 1.29 is 14.3 Å². The molecule has 0 aromatic carbocycles. The molecule has 0 N–H and O–H groups in total. The van der Waals surface area contributed by atoms with Gasteiger partial charge in [0.15, 0.2) is 6.29 Å². The fourth-order valence-corrected chi connectivity index (χ4v) is 2.67. The van der Waals surface area contributed by atoms with E-state index < -0.39 is 5.60 Å². The first-order valence-corrected chi connectivity index (χ1v) is 7.77. The van der Waals surface area contributed by atoms with Crippen LogP contribution in [-0.2, 0) is 4.74 Å². The third-order valence-corrected chi connectivity index (χ3v) is 3.93. The number of carbonyl (C=O) groups is 2. The lowest BCUT2D eigenvalue weighted by molar-refractivity contribution is 0.0185. The Balaban J connectivity index is 1.93. The van der Waals surface area contributed by atoms with Gasteiger partial charge in [-0.05, 0) is 49.5 Å². The van der Waals surface area contributed by atoms with Crippen molar-refractivity contribution in [3.05, 3.63) is 16.4 Å². The number of nitrogens with zero attached hydrogens (tertiary/aromatic N) is 3. The molecule has 1 amide bonds. The number of rotatable bonds is 2. The third-order valence-electron chi connectivity index (χ3n) is 3.32. The van der Waals surface area contributed by atoms with Gasteiger partial charge >= 0.3 is 6.09 Å². The smallest absolute Gasteiger partial charge is 0.410 e. The van der Waals surface area contributed by atoms with Gasteiger partial charge in [-0.15, -0.1) is 0 Å². The van der Waals surface area contributed by atoms with Crippen molar-refractivity contribution in [2.45, 2.75) is 45.3 Å². The van der Waals surface area contributed by atoms with Crippen LogP contribution in [0.15, 0.2) is 10.7 Å². The molecular formula is C14H20BrN3O3. The van der Waals surface area contributed by atoms with Crippen molar-refractivity contribution in [3.63, 3.8) is 0 Å². The van der Waals surface area contributed by atoms with Crippen molar-refractivity contribution in [3.8, 4) is 0 Å². The molecule has 1 aromatic heterocycles. The van der Waals surface area contributed by atoms with E-state index in [1.54, 1.807) is 9.58 Å². The normalized spacial score (nSPS) is 16.9. The molecule has 1 aliphatic heterocycles. The van der Waals surface area contributed by atoms with Gasteiger partial charge in [0.2, 0.25) is 0 Å². The highest BCUT2D eigenvalue weighted by Gasteiger charge is 2.28. The second-order valence-corrected chi connectivity index (χ2v) is 7.01. The van der Waals surface area contributed by atoms with Crippen LogP contribution in [0.4, 0.5) is 4.79 Å². The number of hydrogen-bond donors (Lipinski definition) is 0. The quantitative estimate of drug-likeness (QED) is 0.763. The molecule has 0 bridgehead atoms. The van der Waals surface area contributed by atoms with Gasteiger partial charge in [-0.3, -0.25) is 9.48 Å². The third kappa shape index (κ3) is 4.06. The fourth-order valence-electron chi connectivity index (χ4n) is 2.29. The zero-order valence-electron chi connectivity index (χ0n) is 12.5. The van der Waals surface area contributed by atoms with Gasteiger partial charge in [-0.1, -0.05) is 0 Å². The molecule has 6 nitrogen and oxygen atoms in total. The Morgan fingerprint density at radius 1 is 1.43 bits per heavy atom. The average molecular weight is 358 g/mol. The molecule has 116 valence electrons. The number of halogens is 1. The molecule has 2 heterocycles. The Hall–Kier alpha value is -1.37. The van der Waals surface area contributed by atoms with Gasteiger partial charge in [0.1, 0.15) is 11.3 Å². The summed E-state index contributed by atoms with van der Waals surface area (Å²) >= 11 is 3.31. The number of amides is 1. The van der Waals surface area contributed by atoms with Crippen LogP contribution in [0.2, 0.25) is 0 Å². The van der Waals surface area contributed by atoms with Crippen molar-refractivity contribution >= 4 is 28.3 Å². The summed E-state index contributed by atoms with van der Waals surface area (Å²) in [7, 11) is 0. The predicted octanol–water partition coefficient (Wildman–Crippen LogP) is 3.03. The van der Waals surface area contributed by atoms with Gasteiger partial charge in [-0.25, -0.2) is 4.79 Å². The van der Waals surface area contributed by atoms with E-state index in [0.29, 0.717) is 23.3 Å². The van der Waals surface area contributed by atoms with E-state index in [-0.39, 0.29) is 12.1 Å². The topological polar surface area (TPSA) is 64.4 Å². The highest BCUT2D eigenvalue weighted by molar-refractivity contribution is 9.10. The molecule has 1 fully saturated rings. The number of aromatic nitrogens is 2. The monoisotopic (exact) mass is 357 g/mol. The van der Waals surface area contributed by atoms with Crippen LogP contribution < -0.4 is 0 Å². The van der Waals surface area contributed by atoms with E-state index in [4.69, 9.17) is 4.74 Å². The number of likely N-dealkylation sites (tertiary alicyclic amines) is 1. The minimum absolute atomic E-state index is 0.202. The summed E-state index contributed by atoms with van der Waals surface area (Å²) in [6.45, 7) is 6.85. The number of aldehydes is 1. The summed E-state index contributed by atoms with van der Waals surface area (Å²) in [6.07, 6.45) is 3.88. The Kier molecular flexibility index (Phi) is 4.70. The standard InChI is InChI=1S/C14H20BrN3O3/c1-14(2,3)21-13(20)17-6-4-10(5-7-17)18-8-11(15)12(9-19)16-18/h8-10H,4-7H2,1-3H3. The van der Waals surface area contributed by atoms with Crippen LogP contribution in [0, 0.1) is 0 Å². The van der Waals surface area contributed by atoms with E-state index in [2.05, 4.69) is 21.0 Å². The summed E-state index contributed by atoms with van der Waals surface area (Å²) in [4.78, 5) is 24.5. The van der Waals surface area contributed by atoms with Crippen molar-refractivity contribution in [1.82, 2.24) is 14.7 Å². The highest BCUT2D eigenvalue weighted by Crippen LogP contribution is 2.25. The summed E-state index contributed by atoms with van der Waals surface area (Å²) in [6, 6.07) is 0.202. The van der Waals surface area contributed by atoms with E-state index in [9.17, 15) is 9.59 Å². The molecule has 7 heteroatoms. The number of carbonyl (C=O) groups excluding carboxylic acids is 2. The molecule has 0 atom stereocenters. The first kappa shape index (κ1) is 16.0. The number of piperidine rings is 1. The van der Waals surface area contributed by atoms with Crippen LogP contribution in [0.1, 0.15) is 50.1 Å². The Morgan fingerprint density at radius 3 is 2.52 bits per heavy atom. The maximum Gasteiger partial charge on any atom is 0.410 e. The molecule has 1 aliphatic rings. The van der Waals surface area contributed by atoms with Crippen LogP contribution in [-0.4, -0.2) is 45.8 Å². The Labute approximate surface area is 132 Å². The zero-order chi connectivity index (χ0) is 15.6. The number of hydrogen-bond acceptors (Lipinski definition) is 4. The lowest BCUT2D eigenvalue weighted by Gasteiger charge is -2.33. The molecule has 0 unspecified atom stereocenters. The molecule has 21 heavy (non-hydrogen) atoms. The van der Waals surface area contributed by atoms with Gasteiger partial charge in [-0.2, -0.15) is 5.10 Å². The van der Waals surface area contributed by atoms with Gasteiger partial charge in [0, 0.05) is 19.3 Å². The van der Waals surface area contributed by atoms with E-state index in [1.807, 2.05) is 27.0 Å². The van der Waals surface area contributed by atoms with Crippen molar-refractivity contribution in [1.29, 1.82) is 0 Å². The Morgan fingerprint density at radius 2 is 2.05 bits per heavy atom. The molecule has 0 aliphatic carbocycles. The highest BCUT2D eigenvalue weighted by atomic mass is 79.9. The second kappa shape index (κ2) is 6.17. The van der Waals surface area contributed by atoms with Gasteiger partial charge < -0.3 is 9.64 Å². The lowest BCUT2D eigenvalue weighted by atomic mass is 10.1. The average Bonchev–Trinajstić information content (AvgIpc) is 2.78. The summed E-state index contributed by atoms with van der Waals surface area (Å²) < 4.78 is 7.88. The van der Waals surface area contributed by atoms with Crippen molar-refractivity contribution in [2.24, 2.45) is 0 Å².